The Balaban J connectivity index is 2.07. The van der Waals surface area contributed by atoms with E-state index in [1.54, 1.807) is 12.1 Å². The van der Waals surface area contributed by atoms with Gasteiger partial charge in [-0.2, -0.15) is 0 Å². The van der Waals surface area contributed by atoms with Crippen LogP contribution in [0.2, 0.25) is 0 Å². The number of benzene rings is 2. The molecule has 0 aliphatic rings. The Bertz CT molecular complexity index is 654. The van der Waals surface area contributed by atoms with Crippen LogP contribution in [0.3, 0.4) is 0 Å². The van der Waals surface area contributed by atoms with Crippen molar-refractivity contribution >= 4 is 23.0 Å². The number of anilines is 3. The van der Waals surface area contributed by atoms with E-state index in [0.717, 1.165) is 23.5 Å². The van der Waals surface area contributed by atoms with Gasteiger partial charge in [0.2, 0.25) is 0 Å². The molecule has 0 radical (unpaired) electrons. The molecule has 0 aromatic heterocycles. The molecule has 2 aromatic rings. The summed E-state index contributed by atoms with van der Waals surface area (Å²) < 4.78 is 5.41. The molecule has 0 bridgehead atoms. The fourth-order valence-electron chi connectivity index (χ4n) is 2.12. The van der Waals surface area contributed by atoms with Gasteiger partial charge >= 0.3 is 0 Å². The third-order valence-corrected chi connectivity index (χ3v) is 3.29. The van der Waals surface area contributed by atoms with Crippen molar-refractivity contribution in [3.05, 3.63) is 48.0 Å². The largest absolute Gasteiger partial charge is 0.494 e. The lowest BCUT2D eigenvalue weighted by Gasteiger charge is -2.12. The summed E-state index contributed by atoms with van der Waals surface area (Å²) in [4.78, 5) is 11.9. The first kappa shape index (κ1) is 16.7. The smallest absolute Gasteiger partial charge is 0.251 e. The van der Waals surface area contributed by atoms with Crippen LogP contribution in [0.4, 0.5) is 17.1 Å². The predicted octanol–water partition coefficient (Wildman–Crippen LogP) is 3.55. The maximum Gasteiger partial charge on any atom is 0.251 e. The van der Waals surface area contributed by atoms with Gasteiger partial charge in [-0.3, -0.25) is 4.79 Å². The Morgan fingerprint density at radius 3 is 2.48 bits per heavy atom. The molecule has 4 N–H and O–H groups in total. The number of nitrogens with two attached hydrogens (primary N) is 1. The lowest BCUT2D eigenvalue weighted by Crippen LogP contribution is -2.24. The maximum atomic E-state index is 11.9. The van der Waals surface area contributed by atoms with Gasteiger partial charge in [0.1, 0.15) is 5.75 Å². The fraction of sp³-hybridized carbons (Fsp3) is 0.278. The lowest BCUT2D eigenvalue weighted by molar-refractivity contribution is 0.0953. The van der Waals surface area contributed by atoms with Crippen LogP contribution in [-0.4, -0.2) is 19.1 Å². The molecule has 0 aliphatic carbocycles. The average Bonchev–Trinajstić information content (AvgIpc) is 2.56. The van der Waals surface area contributed by atoms with Crippen molar-refractivity contribution < 1.29 is 9.53 Å². The van der Waals surface area contributed by atoms with Gasteiger partial charge in [0.25, 0.3) is 5.91 Å². The standard InChI is InChI=1S/C18H23N3O2/c1-3-11-20-18(22)13-5-10-17(16(19)12-13)21-14-6-8-15(9-7-14)23-4-2/h5-10,12,21H,3-4,11,19H2,1-2H3,(H,20,22). The highest BCUT2D eigenvalue weighted by Crippen LogP contribution is 2.25. The van der Waals surface area contributed by atoms with Crippen LogP contribution in [0.5, 0.6) is 5.75 Å². The van der Waals surface area contributed by atoms with Crippen molar-refractivity contribution in [2.24, 2.45) is 0 Å². The SMILES string of the molecule is CCCNC(=O)c1ccc(Nc2ccc(OCC)cc2)c(N)c1. The molecular formula is C18H23N3O2. The monoisotopic (exact) mass is 313 g/mol. The van der Waals surface area contributed by atoms with E-state index < -0.39 is 0 Å². The van der Waals surface area contributed by atoms with Crippen LogP contribution in [0.1, 0.15) is 30.6 Å². The summed E-state index contributed by atoms with van der Waals surface area (Å²) in [5.74, 6) is 0.722. The molecule has 0 spiro atoms. The molecule has 0 aliphatic heterocycles. The topological polar surface area (TPSA) is 76.4 Å². The molecule has 0 fully saturated rings. The van der Waals surface area contributed by atoms with Crippen molar-refractivity contribution in [1.29, 1.82) is 0 Å². The van der Waals surface area contributed by atoms with Crippen molar-refractivity contribution in [1.82, 2.24) is 5.32 Å². The maximum absolute atomic E-state index is 11.9. The van der Waals surface area contributed by atoms with Crippen LogP contribution < -0.4 is 21.1 Å². The molecule has 122 valence electrons. The number of hydrogen-bond donors (Lipinski definition) is 3. The van der Waals surface area contributed by atoms with E-state index in [2.05, 4.69) is 10.6 Å². The van der Waals surface area contributed by atoms with Gasteiger partial charge in [-0.25, -0.2) is 0 Å². The minimum atomic E-state index is -0.105. The van der Waals surface area contributed by atoms with Crippen LogP contribution in [0, 0.1) is 0 Å². The van der Waals surface area contributed by atoms with Crippen LogP contribution in [-0.2, 0) is 0 Å². The molecule has 5 heteroatoms. The highest BCUT2D eigenvalue weighted by Gasteiger charge is 2.08. The van der Waals surface area contributed by atoms with E-state index in [4.69, 9.17) is 10.5 Å². The molecule has 0 atom stereocenters. The molecule has 5 nitrogen and oxygen atoms in total. The summed E-state index contributed by atoms with van der Waals surface area (Å²) >= 11 is 0. The second kappa shape index (κ2) is 8.08. The first-order valence-electron chi connectivity index (χ1n) is 7.81. The van der Waals surface area contributed by atoms with Gasteiger partial charge in [0.15, 0.2) is 0 Å². The zero-order valence-electron chi connectivity index (χ0n) is 13.6. The zero-order chi connectivity index (χ0) is 16.7. The van der Waals surface area contributed by atoms with Gasteiger partial charge < -0.3 is 21.1 Å². The minimum absolute atomic E-state index is 0.105. The molecule has 23 heavy (non-hydrogen) atoms. The third kappa shape index (κ3) is 4.64. The number of ether oxygens (including phenoxy) is 1. The molecule has 0 unspecified atom stereocenters. The van der Waals surface area contributed by atoms with E-state index >= 15 is 0 Å². The Kier molecular flexibility index (Phi) is 5.86. The van der Waals surface area contributed by atoms with Gasteiger partial charge in [-0.1, -0.05) is 6.92 Å². The lowest BCUT2D eigenvalue weighted by atomic mass is 10.1. The summed E-state index contributed by atoms with van der Waals surface area (Å²) in [7, 11) is 0. The van der Waals surface area contributed by atoms with E-state index in [9.17, 15) is 4.79 Å². The molecule has 2 rings (SSSR count). The highest BCUT2D eigenvalue weighted by molar-refractivity contribution is 5.96. The normalized spacial score (nSPS) is 10.2. The van der Waals surface area contributed by atoms with E-state index in [-0.39, 0.29) is 5.91 Å². The van der Waals surface area contributed by atoms with E-state index in [0.29, 0.717) is 24.4 Å². The number of nitrogen functional groups attached to an aromatic ring is 1. The number of hydrogen-bond acceptors (Lipinski definition) is 4. The number of amides is 1. The minimum Gasteiger partial charge on any atom is -0.494 e. The Morgan fingerprint density at radius 2 is 1.87 bits per heavy atom. The van der Waals surface area contributed by atoms with Crippen molar-refractivity contribution in [3.63, 3.8) is 0 Å². The summed E-state index contributed by atoms with van der Waals surface area (Å²) in [6.45, 7) is 5.26. The van der Waals surface area contributed by atoms with Gasteiger partial charge in [0, 0.05) is 17.8 Å². The molecule has 0 saturated heterocycles. The third-order valence-electron chi connectivity index (χ3n) is 3.29. The molecular weight excluding hydrogens is 290 g/mol. The molecule has 0 saturated carbocycles. The van der Waals surface area contributed by atoms with Crippen LogP contribution in [0.15, 0.2) is 42.5 Å². The molecule has 2 aromatic carbocycles. The fourth-order valence-corrected chi connectivity index (χ4v) is 2.12. The van der Waals surface area contributed by atoms with Crippen LogP contribution >= 0.6 is 0 Å². The quantitative estimate of drug-likeness (QED) is 0.683. The van der Waals surface area contributed by atoms with Gasteiger partial charge in [-0.15, -0.1) is 0 Å². The molecule has 0 heterocycles. The first-order chi connectivity index (χ1) is 11.1. The Hall–Kier alpha value is -2.69. The predicted molar refractivity (Wildman–Crippen MR) is 94.4 cm³/mol. The number of rotatable bonds is 7. The van der Waals surface area contributed by atoms with Crippen molar-refractivity contribution in [2.45, 2.75) is 20.3 Å². The molecule has 1 amide bonds. The first-order valence-corrected chi connectivity index (χ1v) is 7.81. The number of nitrogens with one attached hydrogen (secondary N) is 2. The van der Waals surface area contributed by atoms with Gasteiger partial charge in [0.05, 0.1) is 18.0 Å². The Morgan fingerprint density at radius 1 is 1.13 bits per heavy atom. The van der Waals surface area contributed by atoms with E-state index in [1.807, 2.05) is 44.2 Å². The average molecular weight is 313 g/mol. The number of carbonyl (C=O) groups excluding carboxylic acids is 1. The summed E-state index contributed by atoms with van der Waals surface area (Å²) in [5.41, 5.74) is 8.81. The van der Waals surface area contributed by atoms with E-state index in [1.165, 1.54) is 0 Å². The second-order valence-electron chi connectivity index (χ2n) is 5.14. The zero-order valence-corrected chi connectivity index (χ0v) is 13.6. The van der Waals surface area contributed by atoms with Crippen molar-refractivity contribution in [2.75, 3.05) is 24.2 Å². The van der Waals surface area contributed by atoms with Gasteiger partial charge in [-0.05, 0) is 55.8 Å². The Labute approximate surface area is 136 Å². The van der Waals surface area contributed by atoms with Crippen LogP contribution in [0.25, 0.3) is 0 Å². The number of carbonyl (C=O) groups is 1. The summed E-state index contributed by atoms with van der Waals surface area (Å²) in [6, 6.07) is 12.9. The highest BCUT2D eigenvalue weighted by atomic mass is 16.5. The second-order valence-corrected chi connectivity index (χ2v) is 5.14. The summed E-state index contributed by atoms with van der Waals surface area (Å²) in [6.07, 6.45) is 0.901. The van der Waals surface area contributed by atoms with Crippen molar-refractivity contribution in [3.8, 4) is 5.75 Å². The summed E-state index contributed by atoms with van der Waals surface area (Å²) in [5, 5.41) is 6.07.